The molecule has 0 bridgehead atoms. The van der Waals surface area contributed by atoms with Crippen LogP contribution in [0.4, 0.5) is 4.39 Å². The minimum atomic E-state index is -0.356. The molecule has 0 radical (unpaired) electrons. The molecule has 2 aromatic rings. The molecule has 0 aliphatic heterocycles. The van der Waals surface area contributed by atoms with Gasteiger partial charge in [-0.05, 0) is 34.1 Å². The first-order valence-corrected chi connectivity index (χ1v) is 4.40. The molecular weight excluding hydrogens is 237 g/mol. The molecule has 1 N–H and O–H groups in total. The Morgan fingerprint density at radius 2 is 2.15 bits per heavy atom. The summed E-state index contributed by atoms with van der Waals surface area (Å²) >= 11 is 3.09. The minimum absolute atomic E-state index is 0.0750. The van der Waals surface area contributed by atoms with Crippen molar-refractivity contribution in [2.24, 2.45) is 0 Å². The molecule has 13 heavy (non-hydrogen) atoms. The highest BCUT2D eigenvalue weighted by atomic mass is 79.9. The van der Waals surface area contributed by atoms with Crippen molar-refractivity contribution < 1.29 is 9.50 Å². The van der Waals surface area contributed by atoms with Crippen molar-refractivity contribution in [3.05, 3.63) is 34.7 Å². The van der Waals surface area contributed by atoms with Crippen molar-refractivity contribution in [2.75, 3.05) is 0 Å². The molecule has 0 unspecified atom stereocenters. The Morgan fingerprint density at radius 1 is 1.38 bits per heavy atom. The molecule has 2 nitrogen and oxygen atoms in total. The molecule has 1 heterocycles. The molecule has 0 aliphatic carbocycles. The summed E-state index contributed by atoms with van der Waals surface area (Å²) in [7, 11) is 0. The van der Waals surface area contributed by atoms with Crippen molar-refractivity contribution in [1.82, 2.24) is 4.98 Å². The highest BCUT2D eigenvalue weighted by Gasteiger charge is 2.05. The van der Waals surface area contributed by atoms with E-state index in [1.54, 1.807) is 6.07 Å². The van der Waals surface area contributed by atoms with Gasteiger partial charge in [0, 0.05) is 5.39 Å². The van der Waals surface area contributed by atoms with Gasteiger partial charge in [-0.15, -0.1) is 0 Å². The van der Waals surface area contributed by atoms with E-state index in [-0.39, 0.29) is 11.6 Å². The summed E-state index contributed by atoms with van der Waals surface area (Å²) in [5.74, 6) is -0.281. The van der Waals surface area contributed by atoms with Crippen LogP contribution in [0.3, 0.4) is 0 Å². The Hall–Kier alpha value is -1.16. The summed E-state index contributed by atoms with van der Waals surface area (Å²) in [6.45, 7) is 0. The van der Waals surface area contributed by atoms with E-state index in [1.807, 2.05) is 0 Å². The van der Waals surface area contributed by atoms with Gasteiger partial charge in [-0.1, -0.05) is 0 Å². The Morgan fingerprint density at radius 3 is 2.92 bits per heavy atom. The van der Waals surface area contributed by atoms with Gasteiger partial charge in [0.15, 0.2) is 0 Å². The number of benzene rings is 1. The molecule has 4 heteroatoms. The van der Waals surface area contributed by atoms with Crippen LogP contribution in [0.15, 0.2) is 28.9 Å². The number of hydrogen-bond donors (Lipinski definition) is 1. The third-order valence-electron chi connectivity index (χ3n) is 1.73. The Balaban J connectivity index is 2.87. The molecule has 0 spiro atoms. The molecule has 0 atom stereocenters. The minimum Gasteiger partial charge on any atom is -0.506 e. The van der Waals surface area contributed by atoms with Crippen LogP contribution in [0.1, 0.15) is 0 Å². The summed E-state index contributed by atoms with van der Waals surface area (Å²) in [4.78, 5) is 3.90. The van der Waals surface area contributed by atoms with Gasteiger partial charge in [-0.3, -0.25) is 4.98 Å². The van der Waals surface area contributed by atoms with Crippen LogP contribution < -0.4 is 0 Å². The van der Waals surface area contributed by atoms with Crippen LogP contribution >= 0.6 is 15.9 Å². The first-order chi connectivity index (χ1) is 6.18. The Bertz CT molecular complexity index is 472. The van der Waals surface area contributed by atoms with Gasteiger partial charge >= 0.3 is 0 Å². The lowest BCUT2D eigenvalue weighted by Crippen LogP contribution is -1.83. The zero-order valence-corrected chi connectivity index (χ0v) is 8.05. The number of rotatable bonds is 0. The van der Waals surface area contributed by atoms with Gasteiger partial charge in [0.1, 0.15) is 11.6 Å². The summed E-state index contributed by atoms with van der Waals surface area (Å²) < 4.78 is 13.3. The number of nitrogens with zero attached hydrogens (tertiary/aromatic N) is 1. The number of hydrogen-bond acceptors (Lipinski definition) is 2. The van der Waals surface area contributed by atoms with E-state index in [2.05, 4.69) is 20.9 Å². The molecule has 0 aliphatic rings. The number of aromatic hydroxyl groups is 1. The summed E-state index contributed by atoms with van der Waals surface area (Å²) in [6, 6.07) is 4.43. The first-order valence-electron chi connectivity index (χ1n) is 3.61. The third-order valence-corrected chi connectivity index (χ3v) is 2.48. The van der Waals surface area contributed by atoms with Crippen molar-refractivity contribution >= 4 is 26.8 Å². The zero-order valence-electron chi connectivity index (χ0n) is 6.46. The number of fused-ring (bicyclic) bond motifs is 1. The van der Waals surface area contributed by atoms with Gasteiger partial charge in [-0.2, -0.15) is 0 Å². The van der Waals surface area contributed by atoms with Crippen LogP contribution in [0.5, 0.6) is 5.75 Å². The Labute approximate surface area is 82.2 Å². The molecule has 66 valence electrons. The molecular formula is C9H5BrFNO. The Kier molecular flexibility index (Phi) is 1.92. The summed E-state index contributed by atoms with van der Waals surface area (Å²) in [5.41, 5.74) is 0.512. The normalized spacial score (nSPS) is 10.6. The van der Waals surface area contributed by atoms with E-state index < -0.39 is 0 Å². The van der Waals surface area contributed by atoms with Gasteiger partial charge < -0.3 is 5.11 Å². The smallest absolute Gasteiger partial charge is 0.139 e. The topological polar surface area (TPSA) is 33.1 Å². The van der Waals surface area contributed by atoms with Crippen LogP contribution in [0, 0.1) is 5.82 Å². The van der Waals surface area contributed by atoms with Crippen LogP contribution in [-0.2, 0) is 0 Å². The van der Waals surface area contributed by atoms with E-state index in [0.29, 0.717) is 15.4 Å². The summed E-state index contributed by atoms with van der Waals surface area (Å²) in [6.07, 6.45) is 1.28. The van der Waals surface area contributed by atoms with Gasteiger partial charge in [-0.25, -0.2) is 4.39 Å². The number of aromatic nitrogens is 1. The van der Waals surface area contributed by atoms with E-state index in [1.165, 1.54) is 18.3 Å². The zero-order chi connectivity index (χ0) is 9.42. The van der Waals surface area contributed by atoms with Crippen molar-refractivity contribution in [2.45, 2.75) is 0 Å². The SMILES string of the molecule is Oc1cnc2c(Br)c(F)ccc2c1. The largest absolute Gasteiger partial charge is 0.506 e. The van der Waals surface area contributed by atoms with Gasteiger partial charge in [0.05, 0.1) is 16.2 Å². The van der Waals surface area contributed by atoms with E-state index >= 15 is 0 Å². The fourth-order valence-corrected chi connectivity index (χ4v) is 1.59. The van der Waals surface area contributed by atoms with E-state index in [9.17, 15) is 4.39 Å². The fourth-order valence-electron chi connectivity index (χ4n) is 1.13. The lowest BCUT2D eigenvalue weighted by Gasteiger charge is -2.00. The standard InChI is InChI=1S/C9H5BrFNO/c10-8-7(11)2-1-5-3-6(13)4-12-9(5)8/h1-4,13H. The average molecular weight is 242 g/mol. The molecule has 0 saturated heterocycles. The predicted octanol–water partition coefficient (Wildman–Crippen LogP) is 2.84. The maximum absolute atomic E-state index is 13.0. The second-order valence-corrected chi connectivity index (χ2v) is 3.42. The molecule has 0 amide bonds. The highest BCUT2D eigenvalue weighted by molar-refractivity contribution is 9.10. The third kappa shape index (κ3) is 1.37. The fraction of sp³-hybridized carbons (Fsp3) is 0. The molecule has 1 aromatic heterocycles. The van der Waals surface area contributed by atoms with Crippen LogP contribution in [-0.4, -0.2) is 10.1 Å². The second-order valence-electron chi connectivity index (χ2n) is 2.63. The van der Waals surface area contributed by atoms with Crippen molar-refractivity contribution in [3.63, 3.8) is 0 Å². The maximum atomic E-state index is 13.0. The monoisotopic (exact) mass is 241 g/mol. The van der Waals surface area contributed by atoms with Crippen LogP contribution in [0.25, 0.3) is 10.9 Å². The lowest BCUT2D eigenvalue weighted by molar-refractivity contribution is 0.474. The molecule has 1 aromatic carbocycles. The number of pyridine rings is 1. The van der Waals surface area contributed by atoms with Crippen molar-refractivity contribution in [3.8, 4) is 5.75 Å². The first kappa shape index (κ1) is 8.44. The quantitative estimate of drug-likeness (QED) is 0.770. The maximum Gasteiger partial charge on any atom is 0.139 e. The molecule has 2 rings (SSSR count). The van der Waals surface area contributed by atoms with E-state index in [4.69, 9.17) is 5.11 Å². The van der Waals surface area contributed by atoms with Crippen molar-refractivity contribution in [1.29, 1.82) is 0 Å². The number of halogens is 2. The van der Waals surface area contributed by atoms with Gasteiger partial charge in [0.2, 0.25) is 0 Å². The second kappa shape index (κ2) is 2.96. The molecule has 0 fully saturated rings. The predicted molar refractivity (Wildman–Crippen MR) is 51.1 cm³/mol. The van der Waals surface area contributed by atoms with Crippen LogP contribution in [0.2, 0.25) is 0 Å². The highest BCUT2D eigenvalue weighted by Crippen LogP contribution is 2.26. The van der Waals surface area contributed by atoms with E-state index in [0.717, 1.165) is 0 Å². The van der Waals surface area contributed by atoms with Gasteiger partial charge in [0.25, 0.3) is 0 Å². The summed E-state index contributed by atoms with van der Waals surface area (Å²) in [5, 5.41) is 9.82. The average Bonchev–Trinajstić information content (AvgIpc) is 2.12. The molecule has 0 saturated carbocycles. The lowest BCUT2D eigenvalue weighted by atomic mass is 10.2.